The first-order valence-corrected chi connectivity index (χ1v) is 9.92. The van der Waals surface area contributed by atoms with Crippen LogP contribution in [0.5, 0.6) is 0 Å². The number of aromatic nitrogens is 2. The summed E-state index contributed by atoms with van der Waals surface area (Å²) in [6.45, 7) is 4.94. The highest BCUT2D eigenvalue weighted by atomic mass is 15.3. The third-order valence-corrected chi connectivity index (χ3v) is 6.75. The van der Waals surface area contributed by atoms with Gasteiger partial charge in [-0.05, 0) is 63.3 Å². The Bertz CT molecular complexity index is 630. The normalized spacial score (nSPS) is 33.0. The van der Waals surface area contributed by atoms with E-state index >= 15 is 0 Å². The summed E-state index contributed by atoms with van der Waals surface area (Å²) in [5.41, 5.74) is 8.67. The van der Waals surface area contributed by atoms with Crippen LogP contribution >= 0.6 is 0 Å². The molecule has 24 heavy (non-hydrogen) atoms. The molecule has 3 aliphatic heterocycles. The molecule has 3 fully saturated rings. The van der Waals surface area contributed by atoms with Crippen LogP contribution in [0.15, 0.2) is 0 Å². The largest absolute Gasteiger partial charge is 0.368 e. The summed E-state index contributed by atoms with van der Waals surface area (Å²) in [5, 5.41) is 0. The van der Waals surface area contributed by atoms with E-state index in [1.807, 2.05) is 0 Å². The highest BCUT2D eigenvalue weighted by Crippen LogP contribution is 2.40. The second-order valence-electron chi connectivity index (χ2n) is 8.36. The third-order valence-electron chi connectivity index (χ3n) is 6.75. The molecule has 0 spiro atoms. The molecule has 0 unspecified atom stereocenters. The number of nitrogens with zero attached hydrogens (tertiary/aromatic N) is 4. The molecular formula is C19H29N5. The monoisotopic (exact) mass is 327 g/mol. The summed E-state index contributed by atoms with van der Waals surface area (Å²) in [7, 11) is 0. The Kier molecular flexibility index (Phi) is 3.65. The molecule has 4 heterocycles. The van der Waals surface area contributed by atoms with Crippen LogP contribution in [0.4, 0.5) is 11.8 Å². The number of nitrogens with two attached hydrogens (primary N) is 1. The molecule has 0 radical (unpaired) electrons. The van der Waals surface area contributed by atoms with E-state index in [2.05, 4.69) is 14.8 Å². The SMILES string of the molecule is Nc1nc2c(c(N3C[C@@H]4C[C@H](C3)[C@@H]3CCCCN3C4)n1)CCCC2. The van der Waals surface area contributed by atoms with E-state index in [9.17, 15) is 0 Å². The maximum atomic E-state index is 6.05. The summed E-state index contributed by atoms with van der Waals surface area (Å²) in [6, 6.07) is 0.813. The second-order valence-corrected chi connectivity index (χ2v) is 8.36. The van der Waals surface area contributed by atoms with Crippen LogP contribution in [0.1, 0.15) is 49.8 Å². The van der Waals surface area contributed by atoms with E-state index < -0.39 is 0 Å². The van der Waals surface area contributed by atoms with Gasteiger partial charge in [0, 0.05) is 31.2 Å². The number of hydrogen-bond acceptors (Lipinski definition) is 5. The van der Waals surface area contributed by atoms with Crippen molar-refractivity contribution in [2.45, 2.75) is 57.4 Å². The molecule has 1 aromatic heterocycles. The molecule has 5 nitrogen and oxygen atoms in total. The quantitative estimate of drug-likeness (QED) is 0.857. The van der Waals surface area contributed by atoms with Crippen LogP contribution in [-0.2, 0) is 12.8 Å². The van der Waals surface area contributed by atoms with Gasteiger partial charge in [0.1, 0.15) is 5.82 Å². The molecule has 5 rings (SSSR count). The summed E-state index contributed by atoms with van der Waals surface area (Å²) < 4.78 is 0. The Hall–Kier alpha value is -1.36. The maximum Gasteiger partial charge on any atom is 0.222 e. The summed E-state index contributed by atoms with van der Waals surface area (Å²) in [4.78, 5) is 14.6. The highest BCUT2D eigenvalue weighted by molar-refractivity contribution is 5.53. The summed E-state index contributed by atoms with van der Waals surface area (Å²) in [5.74, 6) is 3.26. The van der Waals surface area contributed by atoms with Crippen molar-refractivity contribution in [1.82, 2.24) is 14.9 Å². The number of aryl methyl sites for hydroxylation is 1. The molecule has 2 N–H and O–H groups in total. The Morgan fingerprint density at radius 3 is 2.83 bits per heavy atom. The zero-order chi connectivity index (χ0) is 16.1. The van der Waals surface area contributed by atoms with E-state index in [0.29, 0.717) is 5.95 Å². The van der Waals surface area contributed by atoms with Gasteiger partial charge in [-0.1, -0.05) is 6.42 Å². The fraction of sp³-hybridized carbons (Fsp3) is 0.789. The van der Waals surface area contributed by atoms with Crippen molar-refractivity contribution in [3.05, 3.63) is 11.3 Å². The lowest BCUT2D eigenvalue weighted by Gasteiger charge is -2.53. The Balaban J connectivity index is 1.45. The number of fused-ring (bicyclic) bond motifs is 5. The van der Waals surface area contributed by atoms with Crippen molar-refractivity contribution in [2.24, 2.45) is 11.8 Å². The molecule has 5 heteroatoms. The molecular weight excluding hydrogens is 298 g/mol. The summed E-state index contributed by atoms with van der Waals surface area (Å²) >= 11 is 0. The van der Waals surface area contributed by atoms with Crippen LogP contribution in [0, 0.1) is 11.8 Å². The Labute approximate surface area is 144 Å². The van der Waals surface area contributed by atoms with Gasteiger partial charge in [0.15, 0.2) is 0 Å². The van der Waals surface area contributed by atoms with Crippen LogP contribution in [0.3, 0.4) is 0 Å². The van der Waals surface area contributed by atoms with Gasteiger partial charge in [-0.15, -0.1) is 0 Å². The minimum Gasteiger partial charge on any atom is -0.368 e. The van der Waals surface area contributed by atoms with Gasteiger partial charge < -0.3 is 10.6 Å². The van der Waals surface area contributed by atoms with Gasteiger partial charge >= 0.3 is 0 Å². The number of piperidine rings is 3. The average Bonchev–Trinajstić information content (AvgIpc) is 2.60. The van der Waals surface area contributed by atoms with Gasteiger partial charge in [0.25, 0.3) is 0 Å². The Morgan fingerprint density at radius 1 is 0.958 bits per heavy atom. The van der Waals surface area contributed by atoms with Crippen LogP contribution in [0.25, 0.3) is 0 Å². The molecule has 0 aromatic carbocycles. The van der Waals surface area contributed by atoms with E-state index in [4.69, 9.17) is 10.7 Å². The lowest BCUT2D eigenvalue weighted by Crippen LogP contribution is -2.59. The fourth-order valence-corrected chi connectivity index (χ4v) is 5.79. The van der Waals surface area contributed by atoms with E-state index in [-0.39, 0.29) is 0 Å². The standard InChI is InChI=1S/C19H29N5/c20-19-21-16-6-2-1-5-15(16)18(22-19)24-11-13-9-14(12-24)17-7-3-4-8-23(17)10-13/h13-14,17H,1-12H2,(H2,20,21,22)/t13-,14-,17+/m1/s1. The molecule has 1 aliphatic carbocycles. The van der Waals surface area contributed by atoms with Crippen LogP contribution in [-0.4, -0.2) is 47.1 Å². The van der Waals surface area contributed by atoms with Gasteiger partial charge in [-0.2, -0.15) is 4.98 Å². The van der Waals surface area contributed by atoms with Crippen molar-refractivity contribution >= 4 is 11.8 Å². The number of nitrogen functional groups attached to an aromatic ring is 1. The minimum atomic E-state index is 0.473. The van der Waals surface area contributed by atoms with Gasteiger partial charge in [0.05, 0.1) is 5.69 Å². The van der Waals surface area contributed by atoms with Gasteiger partial charge in [-0.3, -0.25) is 4.90 Å². The third kappa shape index (κ3) is 2.48. The van der Waals surface area contributed by atoms with Gasteiger partial charge in [-0.25, -0.2) is 4.98 Å². The minimum absolute atomic E-state index is 0.473. The number of hydrogen-bond donors (Lipinski definition) is 1. The predicted molar refractivity (Wildman–Crippen MR) is 96.1 cm³/mol. The zero-order valence-electron chi connectivity index (χ0n) is 14.6. The molecule has 1 aromatic rings. The molecule has 2 bridgehead atoms. The van der Waals surface area contributed by atoms with E-state index in [1.165, 1.54) is 75.2 Å². The van der Waals surface area contributed by atoms with Crippen molar-refractivity contribution in [1.29, 1.82) is 0 Å². The lowest BCUT2D eigenvalue weighted by molar-refractivity contribution is 0.0184. The molecule has 4 aliphatic rings. The number of anilines is 2. The Morgan fingerprint density at radius 2 is 1.88 bits per heavy atom. The van der Waals surface area contributed by atoms with Crippen molar-refractivity contribution in [3.8, 4) is 0 Å². The van der Waals surface area contributed by atoms with E-state index in [0.717, 1.165) is 37.3 Å². The van der Waals surface area contributed by atoms with Crippen molar-refractivity contribution < 1.29 is 0 Å². The molecule has 130 valence electrons. The molecule has 0 amide bonds. The average molecular weight is 327 g/mol. The van der Waals surface area contributed by atoms with Gasteiger partial charge in [0.2, 0.25) is 5.95 Å². The first-order valence-electron chi connectivity index (χ1n) is 9.92. The highest BCUT2D eigenvalue weighted by Gasteiger charge is 2.42. The zero-order valence-corrected chi connectivity index (χ0v) is 14.6. The lowest BCUT2D eigenvalue weighted by atomic mass is 9.76. The molecule has 3 atom stereocenters. The first-order chi connectivity index (χ1) is 11.8. The second kappa shape index (κ2) is 5.87. The molecule has 3 saturated heterocycles. The van der Waals surface area contributed by atoms with Crippen LogP contribution < -0.4 is 10.6 Å². The first kappa shape index (κ1) is 14.9. The topological polar surface area (TPSA) is 58.3 Å². The van der Waals surface area contributed by atoms with Crippen LogP contribution in [0.2, 0.25) is 0 Å². The van der Waals surface area contributed by atoms with Crippen molar-refractivity contribution in [3.63, 3.8) is 0 Å². The number of rotatable bonds is 1. The maximum absolute atomic E-state index is 6.05. The smallest absolute Gasteiger partial charge is 0.222 e. The fourth-order valence-electron chi connectivity index (χ4n) is 5.79. The summed E-state index contributed by atoms with van der Waals surface area (Å²) in [6.07, 6.45) is 10.3. The predicted octanol–water partition coefficient (Wildman–Crippen LogP) is 2.25. The van der Waals surface area contributed by atoms with Crippen molar-refractivity contribution in [2.75, 3.05) is 36.8 Å². The molecule has 0 saturated carbocycles. The van der Waals surface area contributed by atoms with E-state index in [1.54, 1.807) is 0 Å².